The van der Waals surface area contributed by atoms with Crippen LogP contribution in [0.25, 0.3) is 10.2 Å². The molecule has 2 aromatic rings. The standard InChI is InChI=1S/C17H25N3O3S/c1-7-10(2)23-14(21)9-20-13(8-19(5)6)18-16-15(17(20)22)11(3)12(4)24-16/h10H,7-9H2,1-6H3. The Morgan fingerprint density at radius 3 is 2.62 bits per heavy atom. The first kappa shape index (κ1) is 18.6. The van der Waals surface area contributed by atoms with Gasteiger partial charge in [0.05, 0.1) is 18.0 Å². The summed E-state index contributed by atoms with van der Waals surface area (Å²) in [4.78, 5) is 33.5. The summed E-state index contributed by atoms with van der Waals surface area (Å²) in [7, 11) is 3.81. The quantitative estimate of drug-likeness (QED) is 0.748. The van der Waals surface area contributed by atoms with E-state index in [2.05, 4.69) is 4.98 Å². The summed E-state index contributed by atoms with van der Waals surface area (Å²) >= 11 is 1.52. The molecular formula is C17H25N3O3S. The molecule has 2 rings (SSSR count). The van der Waals surface area contributed by atoms with Gasteiger partial charge in [0, 0.05) is 4.88 Å². The second kappa shape index (κ2) is 7.44. The third-order valence-corrected chi connectivity index (χ3v) is 5.12. The molecule has 0 aliphatic heterocycles. The first-order valence-electron chi connectivity index (χ1n) is 8.08. The smallest absolute Gasteiger partial charge is 0.326 e. The number of ether oxygens (including phenoxy) is 1. The van der Waals surface area contributed by atoms with Crippen LogP contribution < -0.4 is 5.56 Å². The van der Waals surface area contributed by atoms with E-state index in [1.54, 1.807) is 0 Å². The number of rotatable bonds is 6. The van der Waals surface area contributed by atoms with Crippen LogP contribution in [-0.4, -0.2) is 40.6 Å². The van der Waals surface area contributed by atoms with Crippen molar-refractivity contribution in [2.24, 2.45) is 0 Å². The number of hydrogen-bond donors (Lipinski definition) is 0. The molecule has 0 spiro atoms. The van der Waals surface area contributed by atoms with E-state index in [0.717, 1.165) is 21.7 Å². The molecule has 0 aliphatic carbocycles. The Morgan fingerprint density at radius 2 is 2.04 bits per heavy atom. The van der Waals surface area contributed by atoms with E-state index >= 15 is 0 Å². The highest BCUT2D eigenvalue weighted by Crippen LogP contribution is 2.26. The van der Waals surface area contributed by atoms with Crippen LogP contribution in [-0.2, 0) is 22.6 Å². The number of carbonyl (C=O) groups excluding carboxylic acids is 1. The van der Waals surface area contributed by atoms with E-state index in [1.165, 1.54) is 15.9 Å². The van der Waals surface area contributed by atoms with Gasteiger partial charge < -0.3 is 9.64 Å². The molecule has 24 heavy (non-hydrogen) atoms. The molecule has 1 unspecified atom stereocenters. The molecule has 0 fully saturated rings. The summed E-state index contributed by atoms with van der Waals surface area (Å²) in [6.07, 6.45) is 0.581. The zero-order valence-corrected chi connectivity index (χ0v) is 16.0. The van der Waals surface area contributed by atoms with Crippen LogP contribution in [0, 0.1) is 13.8 Å². The summed E-state index contributed by atoms with van der Waals surface area (Å²) < 4.78 is 6.78. The van der Waals surface area contributed by atoms with E-state index in [1.807, 2.05) is 46.7 Å². The number of fused-ring (bicyclic) bond motifs is 1. The van der Waals surface area contributed by atoms with Gasteiger partial charge in [-0.15, -0.1) is 11.3 Å². The first-order chi connectivity index (χ1) is 11.2. The van der Waals surface area contributed by atoms with Crippen molar-refractivity contribution in [1.82, 2.24) is 14.5 Å². The van der Waals surface area contributed by atoms with Crippen molar-refractivity contribution in [1.29, 1.82) is 0 Å². The molecule has 1 atom stereocenters. The van der Waals surface area contributed by atoms with Gasteiger partial charge in [0.1, 0.15) is 17.2 Å². The summed E-state index contributed by atoms with van der Waals surface area (Å²) in [5.74, 6) is 0.178. The molecular weight excluding hydrogens is 326 g/mol. The van der Waals surface area contributed by atoms with Crippen LogP contribution in [0.15, 0.2) is 4.79 Å². The highest BCUT2D eigenvalue weighted by atomic mass is 32.1. The second-order valence-electron chi connectivity index (χ2n) is 6.33. The van der Waals surface area contributed by atoms with Crippen molar-refractivity contribution < 1.29 is 9.53 Å². The third-order valence-electron chi connectivity index (χ3n) is 4.02. The second-order valence-corrected chi connectivity index (χ2v) is 7.53. The molecule has 0 radical (unpaired) electrons. The summed E-state index contributed by atoms with van der Waals surface area (Å²) in [5, 5.41) is 0.608. The highest BCUT2D eigenvalue weighted by molar-refractivity contribution is 7.18. The lowest BCUT2D eigenvalue weighted by atomic mass is 10.2. The fraction of sp³-hybridized carbons (Fsp3) is 0.588. The maximum Gasteiger partial charge on any atom is 0.326 e. The van der Waals surface area contributed by atoms with Gasteiger partial charge in [-0.2, -0.15) is 0 Å². The Hall–Kier alpha value is -1.73. The fourth-order valence-corrected chi connectivity index (χ4v) is 3.45. The molecule has 0 saturated heterocycles. The zero-order chi connectivity index (χ0) is 18.0. The van der Waals surface area contributed by atoms with Gasteiger partial charge >= 0.3 is 5.97 Å². The minimum Gasteiger partial charge on any atom is -0.461 e. The van der Waals surface area contributed by atoms with Gasteiger partial charge in [0.15, 0.2) is 0 Å². The van der Waals surface area contributed by atoms with Crippen LogP contribution in [0.5, 0.6) is 0 Å². The molecule has 0 bridgehead atoms. The molecule has 0 aliphatic rings. The Bertz CT molecular complexity index is 807. The first-order valence-corrected chi connectivity index (χ1v) is 8.89. The highest BCUT2D eigenvalue weighted by Gasteiger charge is 2.19. The molecule has 7 heteroatoms. The molecule has 132 valence electrons. The predicted molar refractivity (Wildman–Crippen MR) is 96.6 cm³/mol. The van der Waals surface area contributed by atoms with Crippen molar-refractivity contribution in [2.45, 2.75) is 53.3 Å². The third kappa shape index (κ3) is 3.84. The predicted octanol–water partition coefficient (Wildman–Crippen LogP) is 2.48. The number of carbonyl (C=O) groups is 1. The lowest BCUT2D eigenvalue weighted by Gasteiger charge is -2.16. The molecule has 2 aromatic heterocycles. The normalized spacial score (nSPS) is 12.8. The molecule has 0 saturated carbocycles. The molecule has 6 nitrogen and oxygen atoms in total. The van der Waals surface area contributed by atoms with E-state index in [0.29, 0.717) is 17.8 Å². The maximum atomic E-state index is 13.0. The zero-order valence-electron chi connectivity index (χ0n) is 15.2. The number of aromatic nitrogens is 2. The van der Waals surface area contributed by atoms with Crippen LogP contribution in [0.2, 0.25) is 0 Å². The van der Waals surface area contributed by atoms with Gasteiger partial charge in [0.2, 0.25) is 0 Å². The van der Waals surface area contributed by atoms with Gasteiger partial charge in [-0.1, -0.05) is 6.92 Å². The average molecular weight is 351 g/mol. The summed E-state index contributed by atoms with van der Waals surface area (Å²) in [5.41, 5.74) is 0.771. The number of nitrogens with zero attached hydrogens (tertiary/aromatic N) is 3. The lowest BCUT2D eigenvalue weighted by molar-refractivity contribution is -0.149. The van der Waals surface area contributed by atoms with Gasteiger partial charge in [-0.05, 0) is 46.9 Å². The monoisotopic (exact) mass is 351 g/mol. The fourth-order valence-electron chi connectivity index (χ4n) is 2.41. The van der Waals surface area contributed by atoms with Crippen LogP contribution in [0.1, 0.15) is 36.5 Å². The van der Waals surface area contributed by atoms with Gasteiger partial charge in [-0.3, -0.25) is 14.2 Å². The number of aryl methyl sites for hydroxylation is 2. The van der Waals surface area contributed by atoms with E-state index in [4.69, 9.17) is 4.74 Å². The van der Waals surface area contributed by atoms with Crippen molar-refractivity contribution in [3.8, 4) is 0 Å². The Kier molecular flexibility index (Phi) is 5.77. The minimum atomic E-state index is -0.405. The van der Waals surface area contributed by atoms with E-state index in [9.17, 15) is 9.59 Å². The molecule has 0 N–H and O–H groups in total. The number of esters is 1. The molecule has 0 amide bonds. The maximum absolute atomic E-state index is 13.0. The van der Waals surface area contributed by atoms with E-state index in [-0.39, 0.29) is 18.2 Å². The topological polar surface area (TPSA) is 64.4 Å². The van der Waals surface area contributed by atoms with Crippen molar-refractivity contribution in [3.05, 3.63) is 26.6 Å². The van der Waals surface area contributed by atoms with E-state index < -0.39 is 5.97 Å². The largest absolute Gasteiger partial charge is 0.461 e. The Labute approximate surface area is 146 Å². The summed E-state index contributed by atoms with van der Waals surface area (Å²) in [6, 6.07) is 0. The Balaban J connectivity index is 2.52. The molecule has 2 heterocycles. The van der Waals surface area contributed by atoms with Crippen molar-refractivity contribution >= 4 is 27.5 Å². The Morgan fingerprint density at radius 1 is 1.38 bits per heavy atom. The van der Waals surface area contributed by atoms with Crippen LogP contribution in [0.4, 0.5) is 0 Å². The van der Waals surface area contributed by atoms with Gasteiger partial charge in [-0.25, -0.2) is 4.98 Å². The lowest BCUT2D eigenvalue weighted by Crippen LogP contribution is -2.32. The van der Waals surface area contributed by atoms with Crippen molar-refractivity contribution in [2.75, 3.05) is 14.1 Å². The minimum absolute atomic E-state index is 0.108. The number of thiophene rings is 1. The SMILES string of the molecule is CCC(C)OC(=O)Cn1c(CN(C)C)nc2sc(C)c(C)c2c1=O. The molecule has 0 aromatic carbocycles. The van der Waals surface area contributed by atoms with Gasteiger partial charge in [0.25, 0.3) is 5.56 Å². The number of hydrogen-bond acceptors (Lipinski definition) is 6. The van der Waals surface area contributed by atoms with Crippen LogP contribution in [0.3, 0.4) is 0 Å². The van der Waals surface area contributed by atoms with Crippen LogP contribution >= 0.6 is 11.3 Å². The van der Waals surface area contributed by atoms with Crippen molar-refractivity contribution in [3.63, 3.8) is 0 Å². The summed E-state index contributed by atoms with van der Waals surface area (Å²) in [6.45, 7) is 8.07. The average Bonchev–Trinajstić information content (AvgIpc) is 2.77.